The third-order valence-corrected chi connectivity index (χ3v) is 3.02. The summed E-state index contributed by atoms with van der Waals surface area (Å²) >= 11 is 0. The van der Waals surface area contributed by atoms with Crippen LogP contribution in [-0.2, 0) is 0 Å². The summed E-state index contributed by atoms with van der Waals surface area (Å²) < 4.78 is 0. The second kappa shape index (κ2) is 4.08. The molecule has 1 unspecified atom stereocenters. The summed E-state index contributed by atoms with van der Waals surface area (Å²) in [6.07, 6.45) is 0.988. The average Bonchev–Trinajstić information content (AvgIpc) is 2.51. The standard InChI is InChI=1S/C10H19N3/c1-4-13(5-2)10(8-11)6-7-12(3)9-10/h4-7,9H2,1-3H3. The molecule has 0 radical (unpaired) electrons. The molecule has 13 heavy (non-hydrogen) atoms. The first-order valence-corrected chi connectivity index (χ1v) is 5.03. The van der Waals surface area contributed by atoms with Gasteiger partial charge in [0.25, 0.3) is 0 Å². The van der Waals surface area contributed by atoms with E-state index in [-0.39, 0.29) is 5.54 Å². The molecule has 0 bridgehead atoms. The number of nitriles is 1. The molecule has 0 aromatic rings. The number of hydrogen-bond acceptors (Lipinski definition) is 3. The van der Waals surface area contributed by atoms with Gasteiger partial charge >= 0.3 is 0 Å². The van der Waals surface area contributed by atoms with Crippen LogP contribution in [0.2, 0.25) is 0 Å². The van der Waals surface area contributed by atoms with Crippen LogP contribution in [0.3, 0.4) is 0 Å². The van der Waals surface area contributed by atoms with Crippen molar-refractivity contribution in [3.05, 3.63) is 0 Å². The lowest BCUT2D eigenvalue weighted by Gasteiger charge is -2.33. The number of likely N-dealkylation sites (N-methyl/N-ethyl adjacent to an activating group) is 2. The fourth-order valence-electron chi connectivity index (χ4n) is 2.23. The van der Waals surface area contributed by atoms with E-state index in [4.69, 9.17) is 0 Å². The van der Waals surface area contributed by atoms with E-state index < -0.39 is 0 Å². The Hall–Kier alpha value is -0.590. The number of nitrogens with zero attached hydrogens (tertiary/aromatic N) is 3. The molecule has 1 rings (SSSR count). The first-order valence-electron chi connectivity index (χ1n) is 5.03. The van der Waals surface area contributed by atoms with E-state index in [0.717, 1.165) is 32.6 Å². The highest BCUT2D eigenvalue weighted by molar-refractivity contribution is 5.13. The van der Waals surface area contributed by atoms with Crippen LogP contribution in [0.4, 0.5) is 0 Å². The zero-order valence-corrected chi connectivity index (χ0v) is 8.88. The lowest BCUT2D eigenvalue weighted by molar-refractivity contribution is 0.158. The Bertz CT molecular complexity index is 205. The maximum Gasteiger partial charge on any atom is 0.123 e. The zero-order chi connectivity index (χ0) is 9.90. The van der Waals surface area contributed by atoms with Gasteiger partial charge in [-0.2, -0.15) is 5.26 Å². The van der Waals surface area contributed by atoms with E-state index in [1.165, 1.54) is 0 Å². The van der Waals surface area contributed by atoms with E-state index in [2.05, 4.69) is 36.8 Å². The van der Waals surface area contributed by atoms with Crippen molar-refractivity contribution in [2.45, 2.75) is 25.8 Å². The Labute approximate surface area is 80.9 Å². The Balaban J connectivity index is 2.76. The summed E-state index contributed by atoms with van der Waals surface area (Å²) in [5.74, 6) is 0. The zero-order valence-electron chi connectivity index (χ0n) is 8.88. The van der Waals surface area contributed by atoms with Crippen LogP contribution in [0.5, 0.6) is 0 Å². The van der Waals surface area contributed by atoms with Crippen molar-refractivity contribution < 1.29 is 0 Å². The maximum absolute atomic E-state index is 9.25. The molecule has 1 heterocycles. The van der Waals surface area contributed by atoms with Gasteiger partial charge < -0.3 is 4.90 Å². The second-order valence-corrected chi connectivity index (χ2v) is 3.80. The van der Waals surface area contributed by atoms with Gasteiger partial charge in [-0.25, -0.2) is 0 Å². The predicted octanol–water partition coefficient (Wildman–Crippen LogP) is 0.926. The molecule has 1 aliphatic heterocycles. The van der Waals surface area contributed by atoms with Crippen LogP contribution in [-0.4, -0.2) is 48.6 Å². The van der Waals surface area contributed by atoms with E-state index >= 15 is 0 Å². The Kier molecular flexibility index (Phi) is 3.29. The minimum absolute atomic E-state index is 0.210. The Morgan fingerprint density at radius 2 is 2.08 bits per heavy atom. The quantitative estimate of drug-likeness (QED) is 0.649. The van der Waals surface area contributed by atoms with Crippen molar-refractivity contribution in [2.24, 2.45) is 0 Å². The molecule has 1 saturated heterocycles. The smallest absolute Gasteiger partial charge is 0.123 e. The summed E-state index contributed by atoms with van der Waals surface area (Å²) in [6, 6.07) is 2.49. The molecule has 0 N–H and O–H groups in total. The van der Waals surface area contributed by atoms with Gasteiger partial charge in [0.2, 0.25) is 0 Å². The van der Waals surface area contributed by atoms with E-state index in [1.54, 1.807) is 0 Å². The molecular formula is C10H19N3. The summed E-state index contributed by atoms with van der Waals surface area (Å²) in [6.45, 7) is 8.13. The molecule has 1 atom stereocenters. The molecule has 0 aliphatic carbocycles. The minimum atomic E-state index is -0.210. The van der Waals surface area contributed by atoms with Crippen LogP contribution < -0.4 is 0 Å². The molecule has 0 saturated carbocycles. The summed E-state index contributed by atoms with van der Waals surface area (Å²) in [4.78, 5) is 4.51. The largest absolute Gasteiger partial charge is 0.303 e. The highest BCUT2D eigenvalue weighted by atomic mass is 15.3. The van der Waals surface area contributed by atoms with Gasteiger partial charge in [-0.1, -0.05) is 13.8 Å². The monoisotopic (exact) mass is 181 g/mol. The molecule has 3 heteroatoms. The van der Waals surface area contributed by atoms with Crippen LogP contribution >= 0.6 is 0 Å². The first kappa shape index (κ1) is 10.5. The lowest BCUT2D eigenvalue weighted by Crippen LogP contribution is -2.49. The average molecular weight is 181 g/mol. The van der Waals surface area contributed by atoms with Crippen molar-refractivity contribution in [1.82, 2.24) is 9.80 Å². The molecule has 1 fully saturated rings. The SMILES string of the molecule is CCN(CC)C1(C#N)CCN(C)C1. The molecule has 3 nitrogen and oxygen atoms in total. The summed E-state index contributed by atoms with van der Waals surface area (Å²) in [5.41, 5.74) is -0.210. The maximum atomic E-state index is 9.25. The fourth-order valence-corrected chi connectivity index (χ4v) is 2.23. The molecular weight excluding hydrogens is 162 g/mol. The van der Waals surface area contributed by atoms with Crippen LogP contribution in [0.15, 0.2) is 0 Å². The second-order valence-electron chi connectivity index (χ2n) is 3.80. The van der Waals surface area contributed by atoms with Crippen molar-refractivity contribution in [1.29, 1.82) is 5.26 Å². The van der Waals surface area contributed by atoms with Gasteiger partial charge in [-0.15, -0.1) is 0 Å². The third kappa shape index (κ3) is 1.84. The van der Waals surface area contributed by atoms with Crippen LogP contribution in [0.1, 0.15) is 20.3 Å². The molecule has 0 aromatic heterocycles. The number of hydrogen-bond donors (Lipinski definition) is 0. The van der Waals surface area contributed by atoms with E-state index in [9.17, 15) is 5.26 Å². The van der Waals surface area contributed by atoms with Gasteiger partial charge in [-0.05, 0) is 26.6 Å². The summed E-state index contributed by atoms with van der Waals surface area (Å²) in [5, 5.41) is 9.25. The van der Waals surface area contributed by atoms with E-state index in [1.807, 2.05) is 0 Å². The van der Waals surface area contributed by atoms with Crippen molar-refractivity contribution in [3.8, 4) is 6.07 Å². The first-order chi connectivity index (χ1) is 6.18. The summed E-state index contributed by atoms with van der Waals surface area (Å²) in [7, 11) is 2.09. The van der Waals surface area contributed by atoms with Crippen LogP contribution in [0.25, 0.3) is 0 Å². The van der Waals surface area contributed by atoms with Gasteiger partial charge in [0.15, 0.2) is 0 Å². The minimum Gasteiger partial charge on any atom is -0.303 e. The van der Waals surface area contributed by atoms with Crippen molar-refractivity contribution >= 4 is 0 Å². The third-order valence-electron chi connectivity index (χ3n) is 3.02. The molecule has 74 valence electrons. The highest BCUT2D eigenvalue weighted by Crippen LogP contribution is 2.26. The highest BCUT2D eigenvalue weighted by Gasteiger charge is 2.40. The topological polar surface area (TPSA) is 30.3 Å². The van der Waals surface area contributed by atoms with Gasteiger partial charge in [-0.3, -0.25) is 4.90 Å². The van der Waals surface area contributed by atoms with Crippen LogP contribution in [0, 0.1) is 11.3 Å². The normalized spacial score (nSPS) is 29.5. The van der Waals surface area contributed by atoms with E-state index in [0.29, 0.717) is 0 Å². The Morgan fingerprint density at radius 1 is 1.46 bits per heavy atom. The fraction of sp³-hybridized carbons (Fsp3) is 0.900. The van der Waals surface area contributed by atoms with Crippen molar-refractivity contribution in [3.63, 3.8) is 0 Å². The van der Waals surface area contributed by atoms with Gasteiger partial charge in [0.1, 0.15) is 5.54 Å². The lowest BCUT2D eigenvalue weighted by atomic mass is 9.98. The number of rotatable bonds is 3. The molecule has 0 amide bonds. The molecule has 0 aromatic carbocycles. The van der Waals surface area contributed by atoms with Gasteiger partial charge in [0, 0.05) is 13.1 Å². The van der Waals surface area contributed by atoms with Gasteiger partial charge in [0.05, 0.1) is 6.07 Å². The number of likely N-dealkylation sites (tertiary alicyclic amines) is 1. The molecule has 1 aliphatic rings. The van der Waals surface area contributed by atoms with Crippen molar-refractivity contribution in [2.75, 3.05) is 33.2 Å². The Morgan fingerprint density at radius 3 is 2.38 bits per heavy atom. The molecule has 0 spiro atoms. The predicted molar refractivity (Wildman–Crippen MR) is 53.4 cm³/mol.